The molecule has 0 radical (unpaired) electrons. The van der Waals surface area contributed by atoms with Crippen LogP contribution >= 0.6 is 0 Å². The second-order valence-electron chi connectivity index (χ2n) is 3.70. The first kappa shape index (κ1) is 11.8. The quantitative estimate of drug-likeness (QED) is 0.687. The van der Waals surface area contributed by atoms with Crippen molar-refractivity contribution in [3.63, 3.8) is 0 Å². The van der Waals surface area contributed by atoms with Crippen LogP contribution in [0.5, 0.6) is 5.75 Å². The fraction of sp³-hybridized carbons (Fsp3) is 0.0588. The van der Waals surface area contributed by atoms with E-state index in [1.54, 1.807) is 7.11 Å². The molecule has 0 fully saturated rings. The van der Waals surface area contributed by atoms with Crippen molar-refractivity contribution in [3.8, 4) is 29.9 Å². The topological polar surface area (TPSA) is 9.23 Å². The van der Waals surface area contributed by atoms with E-state index in [0.29, 0.717) is 0 Å². The molecule has 0 heterocycles. The maximum Gasteiger partial charge on any atom is 0.120 e. The van der Waals surface area contributed by atoms with E-state index < -0.39 is 0 Å². The first-order valence-electron chi connectivity index (χ1n) is 5.54. The summed E-state index contributed by atoms with van der Waals surface area (Å²) >= 11 is 0. The Morgan fingerprint density at radius 2 is 1.56 bits per heavy atom. The van der Waals surface area contributed by atoms with Crippen LogP contribution in [0.4, 0.5) is 0 Å². The van der Waals surface area contributed by atoms with Crippen molar-refractivity contribution in [1.29, 1.82) is 0 Å². The van der Waals surface area contributed by atoms with Crippen LogP contribution in [0.2, 0.25) is 0 Å². The van der Waals surface area contributed by atoms with Gasteiger partial charge in [-0.05, 0) is 42.5 Å². The monoisotopic (exact) mass is 232 g/mol. The molecule has 0 atom stereocenters. The van der Waals surface area contributed by atoms with Gasteiger partial charge >= 0.3 is 0 Å². The summed E-state index contributed by atoms with van der Waals surface area (Å²) in [6.07, 6.45) is 5.30. The third kappa shape index (κ3) is 2.94. The summed E-state index contributed by atoms with van der Waals surface area (Å²) in [6, 6.07) is 15.3. The lowest BCUT2D eigenvalue weighted by atomic mass is 10.1. The lowest BCUT2D eigenvalue weighted by Gasteiger charge is -1.98. The average Bonchev–Trinajstić information content (AvgIpc) is 2.46. The Morgan fingerprint density at radius 3 is 2.22 bits per heavy atom. The molecule has 86 valence electrons. The Balaban J connectivity index is 2.22. The maximum atomic E-state index is 5.30. The molecule has 0 saturated heterocycles. The van der Waals surface area contributed by atoms with Gasteiger partial charge < -0.3 is 4.74 Å². The van der Waals surface area contributed by atoms with Crippen molar-refractivity contribution >= 4 is 0 Å². The Kier molecular flexibility index (Phi) is 3.69. The number of ether oxygens (including phenoxy) is 1. The van der Waals surface area contributed by atoms with Crippen LogP contribution in [0.25, 0.3) is 0 Å². The van der Waals surface area contributed by atoms with Crippen LogP contribution in [-0.4, -0.2) is 7.11 Å². The second kappa shape index (κ2) is 5.62. The maximum absolute atomic E-state index is 5.30. The molecule has 1 nitrogen and oxygen atoms in total. The predicted octanol–water partition coefficient (Wildman–Crippen LogP) is 3.08. The Morgan fingerprint density at radius 1 is 0.889 bits per heavy atom. The molecule has 0 spiro atoms. The highest BCUT2D eigenvalue weighted by Crippen LogP contribution is 2.11. The minimum Gasteiger partial charge on any atom is -0.497 e. The highest BCUT2D eigenvalue weighted by molar-refractivity contribution is 5.46. The van der Waals surface area contributed by atoms with Gasteiger partial charge in [-0.2, -0.15) is 0 Å². The lowest BCUT2D eigenvalue weighted by molar-refractivity contribution is 0.414. The van der Waals surface area contributed by atoms with Crippen LogP contribution in [0, 0.1) is 24.2 Å². The van der Waals surface area contributed by atoms with Gasteiger partial charge in [0.1, 0.15) is 5.75 Å². The lowest BCUT2D eigenvalue weighted by Crippen LogP contribution is -1.83. The summed E-state index contributed by atoms with van der Waals surface area (Å²) in [4.78, 5) is 0. The van der Waals surface area contributed by atoms with Crippen LogP contribution in [0.3, 0.4) is 0 Å². The molecule has 2 rings (SSSR count). The van der Waals surface area contributed by atoms with Crippen LogP contribution in [0.1, 0.15) is 16.7 Å². The molecule has 0 aliphatic carbocycles. The Labute approximate surface area is 107 Å². The van der Waals surface area contributed by atoms with E-state index >= 15 is 0 Å². The molecular weight excluding hydrogens is 220 g/mol. The highest BCUT2D eigenvalue weighted by Gasteiger charge is 1.92. The largest absolute Gasteiger partial charge is 0.497 e. The van der Waals surface area contributed by atoms with E-state index in [-0.39, 0.29) is 0 Å². The van der Waals surface area contributed by atoms with E-state index in [2.05, 4.69) is 17.8 Å². The zero-order valence-electron chi connectivity index (χ0n) is 10.1. The standard InChI is InChI=1S/C17H12O/c1-3-14-7-9-15(10-8-14)11-12-16-5-4-6-17(13-16)18-2/h1,4-10,13H,2H3. The number of hydrogen-bond donors (Lipinski definition) is 0. The van der Waals surface area contributed by atoms with Gasteiger partial charge in [0.05, 0.1) is 7.11 Å². The number of hydrogen-bond acceptors (Lipinski definition) is 1. The van der Waals surface area contributed by atoms with E-state index in [1.165, 1.54) is 0 Å². The Bertz CT molecular complexity index is 634. The summed E-state index contributed by atoms with van der Waals surface area (Å²) in [7, 11) is 1.64. The van der Waals surface area contributed by atoms with Gasteiger partial charge in [0.15, 0.2) is 0 Å². The highest BCUT2D eigenvalue weighted by atomic mass is 16.5. The fourth-order valence-electron chi connectivity index (χ4n) is 1.49. The predicted molar refractivity (Wildman–Crippen MR) is 73.4 cm³/mol. The first-order valence-corrected chi connectivity index (χ1v) is 5.54. The molecule has 2 aromatic rings. The van der Waals surface area contributed by atoms with Gasteiger partial charge in [-0.3, -0.25) is 0 Å². The summed E-state index contributed by atoms with van der Waals surface area (Å²) < 4.78 is 5.15. The van der Waals surface area contributed by atoms with E-state index in [1.807, 2.05) is 48.5 Å². The molecule has 18 heavy (non-hydrogen) atoms. The van der Waals surface area contributed by atoms with Crippen LogP contribution < -0.4 is 4.74 Å². The zero-order valence-corrected chi connectivity index (χ0v) is 10.1. The van der Waals surface area contributed by atoms with Crippen molar-refractivity contribution in [1.82, 2.24) is 0 Å². The minimum atomic E-state index is 0.810. The second-order valence-corrected chi connectivity index (χ2v) is 3.70. The first-order chi connectivity index (χ1) is 8.81. The van der Waals surface area contributed by atoms with Gasteiger partial charge in [-0.1, -0.05) is 23.8 Å². The third-order valence-corrected chi connectivity index (χ3v) is 2.47. The van der Waals surface area contributed by atoms with Gasteiger partial charge in [0.2, 0.25) is 0 Å². The van der Waals surface area contributed by atoms with Crippen LogP contribution in [-0.2, 0) is 0 Å². The molecule has 0 unspecified atom stereocenters. The van der Waals surface area contributed by atoms with Crippen molar-refractivity contribution < 1.29 is 4.74 Å². The van der Waals surface area contributed by atoms with Gasteiger partial charge in [-0.25, -0.2) is 0 Å². The number of rotatable bonds is 1. The van der Waals surface area contributed by atoms with Crippen LogP contribution in [0.15, 0.2) is 48.5 Å². The molecule has 0 saturated carbocycles. The molecule has 0 aliphatic heterocycles. The molecule has 2 aromatic carbocycles. The SMILES string of the molecule is C#Cc1ccc(C#Cc2cccc(OC)c2)cc1. The summed E-state index contributed by atoms with van der Waals surface area (Å²) in [6.45, 7) is 0. The van der Waals surface area contributed by atoms with Crippen molar-refractivity contribution in [2.45, 2.75) is 0 Å². The van der Waals surface area contributed by atoms with Crippen molar-refractivity contribution in [3.05, 3.63) is 65.2 Å². The van der Waals surface area contributed by atoms with E-state index in [9.17, 15) is 0 Å². The number of terminal acetylenes is 1. The molecule has 0 aromatic heterocycles. The van der Waals surface area contributed by atoms with Gasteiger partial charge in [-0.15, -0.1) is 6.42 Å². The van der Waals surface area contributed by atoms with Crippen molar-refractivity contribution in [2.24, 2.45) is 0 Å². The third-order valence-electron chi connectivity index (χ3n) is 2.47. The van der Waals surface area contributed by atoms with E-state index in [0.717, 1.165) is 22.4 Å². The molecule has 1 heteroatoms. The smallest absolute Gasteiger partial charge is 0.120 e. The van der Waals surface area contributed by atoms with E-state index in [4.69, 9.17) is 11.2 Å². The summed E-state index contributed by atoms with van der Waals surface area (Å²) in [5.74, 6) is 9.57. The normalized spacial score (nSPS) is 8.89. The molecular formula is C17H12O. The van der Waals surface area contributed by atoms with Crippen molar-refractivity contribution in [2.75, 3.05) is 7.11 Å². The molecule has 0 amide bonds. The average molecular weight is 232 g/mol. The molecule has 0 aliphatic rings. The summed E-state index contributed by atoms with van der Waals surface area (Å²) in [5.41, 5.74) is 2.73. The fourth-order valence-corrected chi connectivity index (χ4v) is 1.49. The number of methoxy groups -OCH3 is 1. The minimum absolute atomic E-state index is 0.810. The zero-order chi connectivity index (χ0) is 12.8. The molecule has 0 bridgehead atoms. The molecule has 0 N–H and O–H groups in total. The number of benzene rings is 2. The van der Waals surface area contributed by atoms with Gasteiger partial charge in [0, 0.05) is 16.7 Å². The van der Waals surface area contributed by atoms with Gasteiger partial charge in [0.25, 0.3) is 0 Å². The Hall–Kier alpha value is -2.64. The summed E-state index contributed by atoms with van der Waals surface area (Å²) in [5, 5.41) is 0.